The van der Waals surface area contributed by atoms with Crippen molar-refractivity contribution < 1.29 is 0 Å². The number of nitrogens with zero attached hydrogens (tertiary/aromatic N) is 3. The second-order valence-electron chi connectivity index (χ2n) is 4.65. The summed E-state index contributed by atoms with van der Waals surface area (Å²) in [5, 5.41) is 12.1. The number of rotatable bonds is 5. The van der Waals surface area contributed by atoms with Crippen molar-refractivity contribution in [3.8, 4) is 0 Å². The average molecular weight is 265 g/mol. The van der Waals surface area contributed by atoms with Gasteiger partial charge in [0.25, 0.3) is 0 Å². The first kappa shape index (κ1) is 12.9. The molecule has 5 heteroatoms. The molecule has 2 rings (SSSR count). The fourth-order valence-corrected chi connectivity index (χ4v) is 1.84. The van der Waals surface area contributed by atoms with Crippen LogP contribution in [0.4, 0.5) is 5.69 Å². The van der Waals surface area contributed by atoms with Gasteiger partial charge >= 0.3 is 0 Å². The molecule has 0 bridgehead atoms. The highest BCUT2D eigenvalue weighted by Crippen LogP contribution is 2.14. The second kappa shape index (κ2) is 5.87. The molecule has 96 valence electrons. The molecule has 0 aliphatic carbocycles. The smallest absolute Gasteiger partial charge is 0.152 e. The highest BCUT2D eigenvalue weighted by Gasteiger charge is 2.05. The lowest BCUT2D eigenvalue weighted by atomic mass is 10.2. The van der Waals surface area contributed by atoms with Crippen molar-refractivity contribution in [3.05, 3.63) is 41.4 Å². The lowest BCUT2D eigenvalue weighted by Crippen LogP contribution is -2.11. The van der Waals surface area contributed by atoms with Crippen LogP contribution in [0.5, 0.6) is 0 Å². The number of aromatic nitrogens is 3. The van der Waals surface area contributed by atoms with E-state index in [9.17, 15) is 0 Å². The minimum Gasteiger partial charge on any atom is -0.378 e. The molecule has 0 aliphatic rings. The maximum atomic E-state index is 5.84. The zero-order valence-electron chi connectivity index (χ0n) is 10.6. The number of benzene rings is 1. The van der Waals surface area contributed by atoms with E-state index in [1.54, 1.807) is 6.33 Å². The van der Waals surface area contributed by atoms with E-state index in [0.717, 1.165) is 23.1 Å². The van der Waals surface area contributed by atoms with E-state index in [0.29, 0.717) is 12.5 Å². The van der Waals surface area contributed by atoms with E-state index in [2.05, 4.69) is 33.9 Å². The molecular formula is C13H17ClN4. The molecule has 0 fully saturated rings. The quantitative estimate of drug-likeness (QED) is 0.902. The Morgan fingerprint density at radius 1 is 1.28 bits per heavy atom. The predicted octanol–water partition coefficient (Wildman–Crippen LogP) is 3.20. The van der Waals surface area contributed by atoms with E-state index < -0.39 is 0 Å². The minimum absolute atomic E-state index is 0.579. The van der Waals surface area contributed by atoms with Crippen LogP contribution in [0.25, 0.3) is 0 Å². The summed E-state index contributed by atoms with van der Waals surface area (Å²) in [7, 11) is 0. The van der Waals surface area contributed by atoms with Crippen LogP contribution in [0.2, 0.25) is 5.02 Å². The van der Waals surface area contributed by atoms with Gasteiger partial charge in [-0.15, -0.1) is 10.2 Å². The maximum Gasteiger partial charge on any atom is 0.152 e. The van der Waals surface area contributed by atoms with Crippen LogP contribution in [0.15, 0.2) is 30.6 Å². The van der Waals surface area contributed by atoms with Gasteiger partial charge in [0.2, 0.25) is 0 Å². The van der Waals surface area contributed by atoms with Gasteiger partial charge in [0.1, 0.15) is 6.33 Å². The summed E-state index contributed by atoms with van der Waals surface area (Å²) in [5.41, 5.74) is 1.03. The van der Waals surface area contributed by atoms with Gasteiger partial charge in [0.15, 0.2) is 5.82 Å². The Labute approximate surface area is 112 Å². The summed E-state index contributed by atoms with van der Waals surface area (Å²) >= 11 is 5.84. The molecule has 0 amide bonds. The fourth-order valence-electron chi connectivity index (χ4n) is 1.71. The van der Waals surface area contributed by atoms with E-state index >= 15 is 0 Å². The minimum atomic E-state index is 0.579. The molecule has 2 aromatic rings. The number of halogens is 1. The lowest BCUT2D eigenvalue weighted by Gasteiger charge is -2.10. The molecule has 0 radical (unpaired) electrons. The van der Waals surface area contributed by atoms with Crippen molar-refractivity contribution in [2.24, 2.45) is 5.92 Å². The lowest BCUT2D eigenvalue weighted by molar-refractivity contribution is 0.508. The first-order chi connectivity index (χ1) is 8.65. The van der Waals surface area contributed by atoms with Crippen LogP contribution in [0.3, 0.4) is 0 Å². The summed E-state index contributed by atoms with van der Waals surface area (Å²) in [6, 6.07) is 7.63. The van der Waals surface area contributed by atoms with Crippen LogP contribution < -0.4 is 5.32 Å². The van der Waals surface area contributed by atoms with Crippen LogP contribution in [0.1, 0.15) is 19.7 Å². The molecule has 0 saturated carbocycles. The number of hydrogen-bond acceptors (Lipinski definition) is 3. The molecular weight excluding hydrogens is 248 g/mol. The Hall–Kier alpha value is -1.55. The van der Waals surface area contributed by atoms with Gasteiger partial charge in [-0.3, -0.25) is 0 Å². The summed E-state index contributed by atoms with van der Waals surface area (Å²) < 4.78 is 2.08. The topological polar surface area (TPSA) is 42.7 Å². The van der Waals surface area contributed by atoms with Gasteiger partial charge < -0.3 is 9.88 Å². The predicted molar refractivity (Wildman–Crippen MR) is 73.6 cm³/mol. The monoisotopic (exact) mass is 264 g/mol. The second-order valence-corrected chi connectivity index (χ2v) is 5.09. The largest absolute Gasteiger partial charge is 0.378 e. The summed E-state index contributed by atoms with van der Waals surface area (Å²) in [5.74, 6) is 1.52. The zero-order chi connectivity index (χ0) is 13.0. The van der Waals surface area contributed by atoms with Crippen LogP contribution in [0, 0.1) is 5.92 Å². The standard InChI is InChI=1S/C13H17ClN4/c1-10(2)8-18-9-16-17-13(18)7-15-12-5-3-11(14)4-6-12/h3-6,9-10,15H,7-8H2,1-2H3. The Balaban J connectivity index is 1.97. The normalized spacial score (nSPS) is 10.9. The van der Waals surface area contributed by atoms with Crippen molar-refractivity contribution in [1.29, 1.82) is 0 Å². The van der Waals surface area contributed by atoms with Crippen LogP contribution >= 0.6 is 11.6 Å². The van der Waals surface area contributed by atoms with Crippen LogP contribution in [-0.2, 0) is 13.1 Å². The summed E-state index contributed by atoms with van der Waals surface area (Å²) in [4.78, 5) is 0. The Morgan fingerprint density at radius 3 is 2.67 bits per heavy atom. The average Bonchev–Trinajstić information content (AvgIpc) is 2.75. The van der Waals surface area contributed by atoms with Gasteiger partial charge in [0, 0.05) is 17.3 Å². The fraction of sp³-hybridized carbons (Fsp3) is 0.385. The highest BCUT2D eigenvalue weighted by molar-refractivity contribution is 6.30. The van der Waals surface area contributed by atoms with Crippen molar-refractivity contribution in [3.63, 3.8) is 0 Å². The molecule has 18 heavy (non-hydrogen) atoms. The van der Waals surface area contributed by atoms with E-state index in [1.165, 1.54) is 0 Å². The molecule has 1 aromatic heterocycles. The SMILES string of the molecule is CC(C)Cn1cnnc1CNc1ccc(Cl)cc1. The van der Waals surface area contributed by atoms with E-state index in [-0.39, 0.29) is 0 Å². The third kappa shape index (κ3) is 3.47. The molecule has 0 atom stereocenters. The van der Waals surface area contributed by atoms with Crippen molar-refractivity contribution in [2.75, 3.05) is 5.32 Å². The number of hydrogen-bond donors (Lipinski definition) is 1. The third-order valence-electron chi connectivity index (χ3n) is 2.55. The van der Waals surface area contributed by atoms with Gasteiger partial charge in [0.05, 0.1) is 6.54 Å². The van der Waals surface area contributed by atoms with Gasteiger partial charge in [-0.05, 0) is 30.2 Å². The molecule has 0 unspecified atom stereocenters. The highest BCUT2D eigenvalue weighted by atomic mass is 35.5. The molecule has 0 saturated heterocycles. The van der Waals surface area contributed by atoms with Crippen molar-refractivity contribution >= 4 is 17.3 Å². The first-order valence-electron chi connectivity index (χ1n) is 6.01. The molecule has 0 aliphatic heterocycles. The maximum absolute atomic E-state index is 5.84. The summed E-state index contributed by atoms with van der Waals surface area (Å²) in [6.07, 6.45) is 1.78. The molecule has 4 nitrogen and oxygen atoms in total. The molecule has 0 spiro atoms. The Bertz CT molecular complexity index is 490. The summed E-state index contributed by atoms with van der Waals surface area (Å²) in [6.45, 7) is 5.95. The first-order valence-corrected chi connectivity index (χ1v) is 6.39. The van der Waals surface area contributed by atoms with Crippen molar-refractivity contribution in [2.45, 2.75) is 26.9 Å². The van der Waals surface area contributed by atoms with Gasteiger partial charge in [-0.2, -0.15) is 0 Å². The molecule has 1 aromatic carbocycles. The Kier molecular flexibility index (Phi) is 4.20. The molecule has 1 heterocycles. The van der Waals surface area contributed by atoms with E-state index in [1.807, 2.05) is 24.3 Å². The van der Waals surface area contributed by atoms with Gasteiger partial charge in [-0.25, -0.2) is 0 Å². The number of anilines is 1. The zero-order valence-corrected chi connectivity index (χ0v) is 11.4. The number of nitrogens with one attached hydrogen (secondary N) is 1. The third-order valence-corrected chi connectivity index (χ3v) is 2.80. The van der Waals surface area contributed by atoms with E-state index in [4.69, 9.17) is 11.6 Å². The molecule has 1 N–H and O–H groups in total. The van der Waals surface area contributed by atoms with Crippen molar-refractivity contribution in [1.82, 2.24) is 14.8 Å². The Morgan fingerprint density at radius 2 is 2.00 bits per heavy atom. The van der Waals surface area contributed by atoms with Gasteiger partial charge in [-0.1, -0.05) is 25.4 Å². The van der Waals surface area contributed by atoms with Crippen LogP contribution in [-0.4, -0.2) is 14.8 Å².